The highest BCUT2D eigenvalue weighted by molar-refractivity contribution is 5.04. The zero-order valence-electron chi connectivity index (χ0n) is 7.54. The highest BCUT2D eigenvalue weighted by Crippen LogP contribution is 2.15. The monoisotopic (exact) mass is 166 g/mol. The summed E-state index contributed by atoms with van der Waals surface area (Å²) in [6.45, 7) is 4.17. The summed E-state index contributed by atoms with van der Waals surface area (Å²) in [5, 5.41) is 7.59. The van der Waals surface area contributed by atoms with Gasteiger partial charge in [-0.15, -0.1) is 0 Å². The van der Waals surface area contributed by atoms with Crippen LogP contribution in [0.15, 0.2) is 0 Å². The van der Waals surface area contributed by atoms with Crippen LogP contribution in [-0.4, -0.2) is 27.9 Å². The van der Waals surface area contributed by atoms with Gasteiger partial charge in [0.1, 0.15) is 5.82 Å². The lowest BCUT2D eigenvalue weighted by Crippen LogP contribution is -2.40. The lowest BCUT2D eigenvalue weighted by Gasteiger charge is -2.23. The standard InChI is InChI=1S/C8H14N4/c1-3-7-10-8(11-12(7)2)6-4-9-5-6/h6,9H,3-5H2,1-2H3. The summed E-state index contributed by atoms with van der Waals surface area (Å²) in [7, 11) is 1.96. The molecule has 0 aromatic carbocycles. The first-order valence-corrected chi connectivity index (χ1v) is 4.41. The SMILES string of the molecule is CCc1nc(C2CNC2)nn1C. The quantitative estimate of drug-likeness (QED) is 0.675. The van der Waals surface area contributed by atoms with Crippen molar-refractivity contribution in [3.05, 3.63) is 11.6 Å². The van der Waals surface area contributed by atoms with Crippen molar-refractivity contribution in [2.45, 2.75) is 19.3 Å². The predicted octanol–water partition coefficient (Wildman–Crippen LogP) is 0.0643. The second-order valence-corrected chi connectivity index (χ2v) is 3.22. The third-order valence-corrected chi connectivity index (χ3v) is 2.33. The summed E-state index contributed by atoms with van der Waals surface area (Å²) in [5.74, 6) is 2.64. The van der Waals surface area contributed by atoms with Crippen molar-refractivity contribution in [2.75, 3.05) is 13.1 Å². The van der Waals surface area contributed by atoms with E-state index in [0.717, 1.165) is 31.2 Å². The molecule has 1 N–H and O–H groups in total. The number of hydrogen-bond acceptors (Lipinski definition) is 3. The van der Waals surface area contributed by atoms with Crippen LogP contribution in [0.4, 0.5) is 0 Å². The van der Waals surface area contributed by atoms with Gasteiger partial charge in [0, 0.05) is 32.5 Å². The van der Waals surface area contributed by atoms with E-state index in [4.69, 9.17) is 0 Å². The van der Waals surface area contributed by atoms with Gasteiger partial charge < -0.3 is 5.32 Å². The van der Waals surface area contributed by atoms with Crippen molar-refractivity contribution < 1.29 is 0 Å². The van der Waals surface area contributed by atoms with Gasteiger partial charge in [-0.2, -0.15) is 5.10 Å². The Kier molecular flexibility index (Phi) is 1.84. The summed E-state index contributed by atoms with van der Waals surface area (Å²) < 4.78 is 1.88. The molecule has 4 nitrogen and oxygen atoms in total. The van der Waals surface area contributed by atoms with Crippen molar-refractivity contribution in [2.24, 2.45) is 7.05 Å². The number of hydrogen-bond donors (Lipinski definition) is 1. The highest BCUT2D eigenvalue weighted by atomic mass is 15.3. The van der Waals surface area contributed by atoms with Crippen molar-refractivity contribution in [3.63, 3.8) is 0 Å². The van der Waals surface area contributed by atoms with Gasteiger partial charge in [-0.3, -0.25) is 4.68 Å². The van der Waals surface area contributed by atoms with Gasteiger partial charge in [0.25, 0.3) is 0 Å². The maximum absolute atomic E-state index is 4.46. The fraction of sp³-hybridized carbons (Fsp3) is 0.750. The number of nitrogens with zero attached hydrogens (tertiary/aromatic N) is 3. The summed E-state index contributed by atoms with van der Waals surface area (Å²) in [5.41, 5.74) is 0. The van der Waals surface area contributed by atoms with Crippen LogP contribution >= 0.6 is 0 Å². The zero-order valence-corrected chi connectivity index (χ0v) is 7.54. The summed E-state index contributed by atoms with van der Waals surface area (Å²) in [6.07, 6.45) is 0.962. The van der Waals surface area contributed by atoms with Crippen molar-refractivity contribution in [1.82, 2.24) is 20.1 Å². The molecule has 66 valence electrons. The third-order valence-electron chi connectivity index (χ3n) is 2.33. The molecule has 2 heterocycles. The second kappa shape index (κ2) is 2.86. The molecule has 1 aliphatic rings. The minimum Gasteiger partial charge on any atom is -0.315 e. The Labute approximate surface area is 72.0 Å². The predicted molar refractivity (Wildman–Crippen MR) is 46.0 cm³/mol. The minimum atomic E-state index is 0.552. The molecule has 4 heteroatoms. The van der Waals surface area contributed by atoms with Crippen LogP contribution < -0.4 is 5.32 Å². The summed E-state index contributed by atoms with van der Waals surface area (Å²) in [6, 6.07) is 0. The Morgan fingerprint density at radius 3 is 2.75 bits per heavy atom. The van der Waals surface area contributed by atoms with Gasteiger partial charge in [0.2, 0.25) is 0 Å². The Morgan fingerprint density at radius 2 is 2.33 bits per heavy atom. The maximum atomic E-state index is 4.46. The van der Waals surface area contributed by atoms with Crippen molar-refractivity contribution in [3.8, 4) is 0 Å². The van der Waals surface area contributed by atoms with E-state index in [1.165, 1.54) is 0 Å². The zero-order chi connectivity index (χ0) is 8.55. The Balaban J connectivity index is 2.21. The molecule has 0 saturated carbocycles. The first-order chi connectivity index (χ1) is 5.81. The van der Waals surface area contributed by atoms with Crippen LogP contribution in [0, 0.1) is 0 Å². The van der Waals surface area contributed by atoms with Gasteiger partial charge in [0.15, 0.2) is 5.82 Å². The molecule has 1 saturated heterocycles. The molecule has 0 bridgehead atoms. The van der Waals surface area contributed by atoms with E-state index in [1.807, 2.05) is 11.7 Å². The molecule has 1 aromatic heterocycles. The highest BCUT2D eigenvalue weighted by Gasteiger charge is 2.23. The van der Waals surface area contributed by atoms with Gasteiger partial charge in [-0.25, -0.2) is 4.98 Å². The van der Waals surface area contributed by atoms with E-state index >= 15 is 0 Å². The van der Waals surface area contributed by atoms with Crippen molar-refractivity contribution >= 4 is 0 Å². The van der Waals surface area contributed by atoms with Crippen LogP contribution in [-0.2, 0) is 13.5 Å². The molecule has 1 aliphatic heterocycles. The molecule has 0 radical (unpaired) electrons. The van der Waals surface area contributed by atoms with E-state index in [2.05, 4.69) is 22.3 Å². The second-order valence-electron chi connectivity index (χ2n) is 3.22. The van der Waals surface area contributed by atoms with Crippen LogP contribution in [0.5, 0.6) is 0 Å². The van der Waals surface area contributed by atoms with E-state index in [1.54, 1.807) is 0 Å². The van der Waals surface area contributed by atoms with Crippen LogP contribution in [0.2, 0.25) is 0 Å². The number of aromatic nitrogens is 3. The van der Waals surface area contributed by atoms with Crippen molar-refractivity contribution in [1.29, 1.82) is 0 Å². The number of rotatable bonds is 2. The fourth-order valence-electron chi connectivity index (χ4n) is 1.39. The molecule has 0 spiro atoms. The average molecular weight is 166 g/mol. The topological polar surface area (TPSA) is 42.7 Å². The smallest absolute Gasteiger partial charge is 0.156 e. The van der Waals surface area contributed by atoms with Gasteiger partial charge >= 0.3 is 0 Å². The molecule has 0 amide bonds. The van der Waals surface area contributed by atoms with E-state index < -0.39 is 0 Å². The molecule has 1 fully saturated rings. The molecule has 1 aromatic rings. The van der Waals surface area contributed by atoms with Crippen LogP contribution in [0.3, 0.4) is 0 Å². The average Bonchev–Trinajstić information content (AvgIpc) is 2.27. The minimum absolute atomic E-state index is 0.552. The van der Waals surface area contributed by atoms with E-state index in [9.17, 15) is 0 Å². The lowest BCUT2D eigenvalue weighted by atomic mass is 10.0. The van der Waals surface area contributed by atoms with Crippen LogP contribution in [0.25, 0.3) is 0 Å². The largest absolute Gasteiger partial charge is 0.315 e. The third kappa shape index (κ3) is 1.12. The first-order valence-electron chi connectivity index (χ1n) is 4.41. The molecular formula is C8H14N4. The Hall–Kier alpha value is -0.900. The normalized spacial score (nSPS) is 17.8. The van der Waals surface area contributed by atoms with E-state index in [-0.39, 0.29) is 0 Å². The molecule has 0 aliphatic carbocycles. The molecule has 0 unspecified atom stereocenters. The lowest BCUT2D eigenvalue weighted by molar-refractivity contribution is 0.428. The summed E-state index contributed by atoms with van der Waals surface area (Å²) in [4.78, 5) is 4.46. The maximum Gasteiger partial charge on any atom is 0.156 e. The fourth-order valence-corrected chi connectivity index (χ4v) is 1.39. The molecular weight excluding hydrogens is 152 g/mol. The molecule has 0 atom stereocenters. The summed E-state index contributed by atoms with van der Waals surface area (Å²) >= 11 is 0. The van der Waals surface area contributed by atoms with Gasteiger partial charge in [0.05, 0.1) is 0 Å². The first kappa shape index (κ1) is 7.73. The van der Waals surface area contributed by atoms with E-state index in [0.29, 0.717) is 5.92 Å². The Morgan fingerprint density at radius 1 is 1.58 bits per heavy atom. The molecule has 2 rings (SSSR count). The molecule has 12 heavy (non-hydrogen) atoms. The van der Waals surface area contributed by atoms with Crippen LogP contribution in [0.1, 0.15) is 24.5 Å². The van der Waals surface area contributed by atoms with Gasteiger partial charge in [-0.05, 0) is 0 Å². The Bertz CT molecular complexity index is 275. The number of aryl methyl sites for hydroxylation is 2. The number of nitrogens with one attached hydrogen (secondary N) is 1. The van der Waals surface area contributed by atoms with Gasteiger partial charge in [-0.1, -0.05) is 6.92 Å².